The number of hydrogen-bond donors (Lipinski definition) is 1. The lowest BCUT2D eigenvalue weighted by Gasteiger charge is -2.03. The molecule has 88 valence electrons. The summed E-state index contributed by atoms with van der Waals surface area (Å²) in [6.45, 7) is 0. The number of thiophene rings is 1. The molecule has 0 fully saturated rings. The minimum atomic E-state index is 0.751. The third-order valence-corrected chi connectivity index (χ3v) is 3.51. The molecule has 0 spiro atoms. The summed E-state index contributed by atoms with van der Waals surface area (Å²) in [4.78, 5) is 10.00. The van der Waals surface area contributed by atoms with E-state index in [0.29, 0.717) is 0 Å². The van der Waals surface area contributed by atoms with Gasteiger partial charge in [-0.05, 0) is 23.6 Å². The lowest BCUT2D eigenvalue weighted by molar-refractivity contribution is 1.22. The fourth-order valence-corrected chi connectivity index (χ4v) is 2.38. The standard InChI is InChI=1S/C14H11N3S/c15-11-5-3-10(4-6-11)12-8-16-9-13(17-12)14-2-1-7-18-14/h1-9H,15H2. The van der Waals surface area contributed by atoms with Crippen molar-refractivity contribution in [3.63, 3.8) is 0 Å². The van der Waals surface area contributed by atoms with Gasteiger partial charge in [0.25, 0.3) is 0 Å². The van der Waals surface area contributed by atoms with Crippen LogP contribution in [0.1, 0.15) is 0 Å². The monoisotopic (exact) mass is 253 g/mol. The number of anilines is 1. The van der Waals surface area contributed by atoms with Gasteiger partial charge in [0.1, 0.15) is 0 Å². The van der Waals surface area contributed by atoms with Gasteiger partial charge in [-0.15, -0.1) is 11.3 Å². The Morgan fingerprint density at radius 2 is 1.72 bits per heavy atom. The molecule has 4 heteroatoms. The number of rotatable bonds is 2. The van der Waals surface area contributed by atoms with Crippen molar-refractivity contribution in [1.82, 2.24) is 9.97 Å². The van der Waals surface area contributed by atoms with Crippen LogP contribution in [-0.4, -0.2) is 9.97 Å². The van der Waals surface area contributed by atoms with E-state index < -0.39 is 0 Å². The summed E-state index contributed by atoms with van der Waals surface area (Å²) >= 11 is 1.66. The Kier molecular flexibility index (Phi) is 2.78. The van der Waals surface area contributed by atoms with E-state index in [4.69, 9.17) is 5.73 Å². The summed E-state index contributed by atoms with van der Waals surface area (Å²) in [7, 11) is 0. The van der Waals surface area contributed by atoms with E-state index in [-0.39, 0.29) is 0 Å². The molecule has 0 aliphatic heterocycles. The molecule has 0 radical (unpaired) electrons. The van der Waals surface area contributed by atoms with Gasteiger partial charge in [-0.3, -0.25) is 4.98 Å². The fraction of sp³-hybridized carbons (Fsp3) is 0. The molecule has 3 rings (SSSR count). The maximum atomic E-state index is 5.68. The van der Waals surface area contributed by atoms with Gasteiger partial charge in [0.15, 0.2) is 0 Å². The summed E-state index contributed by atoms with van der Waals surface area (Å²) in [5, 5.41) is 2.03. The molecule has 0 saturated carbocycles. The van der Waals surface area contributed by atoms with Crippen molar-refractivity contribution < 1.29 is 0 Å². The quantitative estimate of drug-likeness (QED) is 0.712. The minimum absolute atomic E-state index is 0.751. The molecule has 18 heavy (non-hydrogen) atoms. The first-order valence-corrected chi connectivity index (χ1v) is 6.43. The van der Waals surface area contributed by atoms with Crippen molar-refractivity contribution in [2.24, 2.45) is 0 Å². The van der Waals surface area contributed by atoms with Crippen LogP contribution in [0.4, 0.5) is 5.69 Å². The van der Waals surface area contributed by atoms with Crippen LogP contribution in [-0.2, 0) is 0 Å². The molecule has 0 bridgehead atoms. The summed E-state index contributed by atoms with van der Waals surface area (Å²) in [6, 6.07) is 11.7. The molecule has 2 heterocycles. The molecule has 2 aromatic heterocycles. The van der Waals surface area contributed by atoms with E-state index in [1.807, 2.05) is 41.8 Å². The van der Waals surface area contributed by atoms with Crippen LogP contribution < -0.4 is 5.73 Å². The SMILES string of the molecule is Nc1ccc(-c2cncc(-c3cccs3)n2)cc1. The number of hydrogen-bond acceptors (Lipinski definition) is 4. The second kappa shape index (κ2) is 4.58. The Morgan fingerprint density at radius 1 is 0.944 bits per heavy atom. The molecule has 0 unspecified atom stereocenters. The smallest absolute Gasteiger partial charge is 0.0992 e. The number of benzene rings is 1. The van der Waals surface area contributed by atoms with Crippen LogP contribution in [0.25, 0.3) is 21.8 Å². The predicted octanol–water partition coefficient (Wildman–Crippen LogP) is 3.45. The zero-order valence-electron chi connectivity index (χ0n) is 9.58. The minimum Gasteiger partial charge on any atom is -0.399 e. The Hall–Kier alpha value is -2.20. The van der Waals surface area contributed by atoms with Crippen LogP contribution in [0, 0.1) is 0 Å². The molecule has 0 atom stereocenters. The molecule has 2 N–H and O–H groups in total. The number of aromatic nitrogens is 2. The first kappa shape index (κ1) is 10.9. The molecule has 1 aromatic carbocycles. The lowest BCUT2D eigenvalue weighted by atomic mass is 10.1. The summed E-state index contributed by atoms with van der Waals surface area (Å²) in [5.74, 6) is 0. The van der Waals surface area contributed by atoms with Crippen molar-refractivity contribution in [2.45, 2.75) is 0 Å². The molecule has 0 aliphatic rings. The van der Waals surface area contributed by atoms with Crippen LogP contribution in [0.15, 0.2) is 54.2 Å². The Labute approximate surface area is 109 Å². The number of nitrogen functional groups attached to an aromatic ring is 1. The third kappa shape index (κ3) is 2.10. The molecule has 0 saturated heterocycles. The van der Waals surface area contributed by atoms with Gasteiger partial charge in [0, 0.05) is 11.3 Å². The van der Waals surface area contributed by atoms with E-state index >= 15 is 0 Å². The largest absolute Gasteiger partial charge is 0.399 e. The molecule has 0 amide bonds. The fourth-order valence-electron chi connectivity index (χ4n) is 1.70. The van der Waals surface area contributed by atoms with Crippen LogP contribution in [0.2, 0.25) is 0 Å². The zero-order chi connectivity index (χ0) is 12.4. The second-order valence-corrected chi connectivity index (χ2v) is 4.84. The Morgan fingerprint density at radius 3 is 2.44 bits per heavy atom. The average Bonchev–Trinajstić information content (AvgIpc) is 2.94. The lowest BCUT2D eigenvalue weighted by Crippen LogP contribution is -1.89. The topological polar surface area (TPSA) is 51.8 Å². The van der Waals surface area contributed by atoms with E-state index in [1.165, 1.54) is 0 Å². The van der Waals surface area contributed by atoms with E-state index in [9.17, 15) is 0 Å². The van der Waals surface area contributed by atoms with E-state index in [0.717, 1.165) is 27.5 Å². The van der Waals surface area contributed by atoms with E-state index in [1.54, 1.807) is 23.7 Å². The first-order valence-electron chi connectivity index (χ1n) is 5.55. The molecular weight excluding hydrogens is 242 g/mol. The molecule has 3 aromatic rings. The number of nitrogens with two attached hydrogens (primary N) is 1. The highest BCUT2D eigenvalue weighted by atomic mass is 32.1. The molecule has 0 aliphatic carbocycles. The normalized spacial score (nSPS) is 10.4. The van der Waals surface area contributed by atoms with Crippen molar-refractivity contribution in [3.05, 3.63) is 54.2 Å². The van der Waals surface area contributed by atoms with Crippen LogP contribution in [0.5, 0.6) is 0 Å². The van der Waals surface area contributed by atoms with Crippen LogP contribution in [0.3, 0.4) is 0 Å². The second-order valence-electron chi connectivity index (χ2n) is 3.89. The summed E-state index contributed by atoms with van der Waals surface area (Å²) in [5.41, 5.74) is 9.22. The van der Waals surface area contributed by atoms with Crippen molar-refractivity contribution in [2.75, 3.05) is 5.73 Å². The highest BCUT2D eigenvalue weighted by Crippen LogP contribution is 2.25. The predicted molar refractivity (Wildman–Crippen MR) is 75.2 cm³/mol. The highest BCUT2D eigenvalue weighted by Gasteiger charge is 2.04. The van der Waals surface area contributed by atoms with E-state index in [2.05, 4.69) is 9.97 Å². The van der Waals surface area contributed by atoms with Gasteiger partial charge in [-0.2, -0.15) is 0 Å². The maximum absolute atomic E-state index is 5.68. The summed E-state index contributed by atoms with van der Waals surface area (Å²) < 4.78 is 0. The number of nitrogens with zero attached hydrogens (tertiary/aromatic N) is 2. The van der Waals surface area contributed by atoms with Crippen molar-refractivity contribution in [1.29, 1.82) is 0 Å². The highest BCUT2D eigenvalue weighted by molar-refractivity contribution is 7.13. The Bertz CT molecular complexity index is 645. The van der Waals surface area contributed by atoms with Gasteiger partial charge in [-0.1, -0.05) is 18.2 Å². The average molecular weight is 253 g/mol. The van der Waals surface area contributed by atoms with Gasteiger partial charge < -0.3 is 5.73 Å². The van der Waals surface area contributed by atoms with Crippen molar-refractivity contribution >= 4 is 17.0 Å². The van der Waals surface area contributed by atoms with Crippen LogP contribution >= 0.6 is 11.3 Å². The molecule has 3 nitrogen and oxygen atoms in total. The van der Waals surface area contributed by atoms with Gasteiger partial charge in [0.2, 0.25) is 0 Å². The van der Waals surface area contributed by atoms with Gasteiger partial charge >= 0.3 is 0 Å². The summed E-state index contributed by atoms with van der Waals surface area (Å²) in [6.07, 6.45) is 3.55. The van der Waals surface area contributed by atoms with Crippen molar-refractivity contribution in [3.8, 4) is 21.8 Å². The zero-order valence-corrected chi connectivity index (χ0v) is 10.4. The third-order valence-electron chi connectivity index (χ3n) is 2.61. The maximum Gasteiger partial charge on any atom is 0.0992 e. The molecular formula is C14H11N3S. The van der Waals surface area contributed by atoms with Gasteiger partial charge in [-0.25, -0.2) is 4.98 Å². The first-order chi connectivity index (χ1) is 8.83. The Balaban J connectivity index is 2.03. The van der Waals surface area contributed by atoms with Gasteiger partial charge in [0.05, 0.1) is 28.7 Å².